The predicted molar refractivity (Wildman–Crippen MR) is 76.0 cm³/mol. The zero-order valence-electron chi connectivity index (χ0n) is 12.4. The number of amides is 3. The summed E-state index contributed by atoms with van der Waals surface area (Å²) < 4.78 is 0. The highest BCUT2D eigenvalue weighted by Crippen LogP contribution is 2.19. The molecule has 0 aliphatic carbocycles. The molecule has 0 aromatic carbocycles. The van der Waals surface area contributed by atoms with Gasteiger partial charge in [-0.15, -0.1) is 0 Å². The third kappa shape index (κ3) is 4.40. The first-order valence-corrected chi connectivity index (χ1v) is 7.37. The largest absolute Gasteiger partial charge is 0.339 e. The summed E-state index contributed by atoms with van der Waals surface area (Å²) in [4.78, 5) is 38.8. The number of hydrogen-bond donors (Lipinski definition) is 3. The van der Waals surface area contributed by atoms with E-state index in [1.165, 1.54) is 6.92 Å². The first kappa shape index (κ1) is 15.7. The Bertz CT molecular complexity index is 409. The third-order valence-electron chi connectivity index (χ3n) is 3.80. The number of hydrazine groups is 1. The quantitative estimate of drug-likeness (QED) is 0.527. The van der Waals surface area contributed by atoms with Gasteiger partial charge in [-0.2, -0.15) is 0 Å². The summed E-state index contributed by atoms with van der Waals surface area (Å²) in [5, 5.41) is 3.22. The van der Waals surface area contributed by atoms with Crippen molar-refractivity contribution >= 4 is 17.7 Å². The highest BCUT2D eigenvalue weighted by molar-refractivity contribution is 5.85. The van der Waals surface area contributed by atoms with Gasteiger partial charge in [0.2, 0.25) is 11.8 Å². The first-order valence-electron chi connectivity index (χ1n) is 7.37. The van der Waals surface area contributed by atoms with Crippen LogP contribution in [0.2, 0.25) is 0 Å². The molecule has 2 aliphatic rings. The fourth-order valence-corrected chi connectivity index (χ4v) is 2.77. The van der Waals surface area contributed by atoms with Crippen molar-refractivity contribution < 1.29 is 14.4 Å². The van der Waals surface area contributed by atoms with Gasteiger partial charge in [-0.3, -0.25) is 30.1 Å². The topological polar surface area (TPSA) is 93.8 Å². The summed E-state index contributed by atoms with van der Waals surface area (Å²) in [7, 11) is 0. The van der Waals surface area contributed by atoms with Crippen LogP contribution in [0.3, 0.4) is 0 Å². The van der Waals surface area contributed by atoms with Crippen LogP contribution in [0.15, 0.2) is 0 Å². The van der Waals surface area contributed by atoms with Gasteiger partial charge in [0.05, 0.1) is 12.6 Å². The predicted octanol–water partition coefficient (Wildman–Crippen LogP) is -1.95. The van der Waals surface area contributed by atoms with Gasteiger partial charge in [-0.05, 0) is 19.4 Å². The molecule has 0 saturated carbocycles. The zero-order valence-corrected chi connectivity index (χ0v) is 12.4. The van der Waals surface area contributed by atoms with Gasteiger partial charge in [-0.1, -0.05) is 0 Å². The standard InChI is InChI=1S/C13H23N5O3/c1-10(19)15-16-12(20)9-18-6-2-3-11(18)13(21)17-7-4-14-5-8-17/h11,14H,2-9H2,1H3,(H,15,19)(H,16,20). The molecular weight excluding hydrogens is 274 g/mol. The molecule has 3 N–H and O–H groups in total. The molecule has 1 atom stereocenters. The lowest BCUT2D eigenvalue weighted by atomic mass is 10.1. The van der Waals surface area contributed by atoms with E-state index in [0.717, 1.165) is 45.6 Å². The second-order valence-electron chi connectivity index (χ2n) is 5.43. The number of carbonyl (C=O) groups is 3. The fraction of sp³-hybridized carbons (Fsp3) is 0.769. The Morgan fingerprint density at radius 3 is 2.52 bits per heavy atom. The van der Waals surface area contributed by atoms with Crippen LogP contribution in [0.1, 0.15) is 19.8 Å². The lowest BCUT2D eigenvalue weighted by Crippen LogP contribution is -2.54. The zero-order chi connectivity index (χ0) is 15.2. The molecule has 0 aromatic rings. The number of piperazine rings is 1. The molecule has 1 unspecified atom stereocenters. The highest BCUT2D eigenvalue weighted by Gasteiger charge is 2.34. The normalized spacial score (nSPS) is 22.9. The number of nitrogens with zero attached hydrogens (tertiary/aromatic N) is 2. The van der Waals surface area contributed by atoms with Crippen molar-refractivity contribution in [1.82, 2.24) is 26.0 Å². The van der Waals surface area contributed by atoms with E-state index in [0.29, 0.717) is 0 Å². The molecule has 2 aliphatic heterocycles. The minimum absolute atomic E-state index is 0.112. The summed E-state index contributed by atoms with van der Waals surface area (Å²) in [5.74, 6) is -0.509. The van der Waals surface area contributed by atoms with Crippen molar-refractivity contribution in [3.63, 3.8) is 0 Å². The third-order valence-corrected chi connectivity index (χ3v) is 3.80. The Balaban J connectivity index is 1.85. The van der Waals surface area contributed by atoms with Gasteiger partial charge in [0.25, 0.3) is 5.91 Å². The van der Waals surface area contributed by atoms with Crippen molar-refractivity contribution in [3.05, 3.63) is 0 Å². The molecular formula is C13H23N5O3. The summed E-state index contributed by atoms with van der Waals surface area (Å²) in [6.07, 6.45) is 1.70. The van der Waals surface area contributed by atoms with Crippen molar-refractivity contribution in [2.45, 2.75) is 25.8 Å². The average Bonchev–Trinajstić information content (AvgIpc) is 2.93. The Morgan fingerprint density at radius 1 is 1.14 bits per heavy atom. The number of rotatable bonds is 3. The van der Waals surface area contributed by atoms with E-state index in [2.05, 4.69) is 16.2 Å². The second-order valence-corrected chi connectivity index (χ2v) is 5.43. The molecule has 2 heterocycles. The van der Waals surface area contributed by atoms with Gasteiger partial charge in [0, 0.05) is 33.1 Å². The van der Waals surface area contributed by atoms with Crippen LogP contribution in [0.25, 0.3) is 0 Å². The van der Waals surface area contributed by atoms with E-state index in [4.69, 9.17) is 0 Å². The van der Waals surface area contributed by atoms with Crippen LogP contribution in [-0.4, -0.2) is 72.8 Å². The van der Waals surface area contributed by atoms with E-state index >= 15 is 0 Å². The minimum atomic E-state index is -0.321. The van der Waals surface area contributed by atoms with Crippen LogP contribution < -0.4 is 16.2 Å². The van der Waals surface area contributed by atoms with Crippen molar-refractivity contribution in [1.29, 1.82) is 0 Å². The van der Waals surface area contributed by atoms with Gasteiger partial charge >= 0.3 is 0 Å². The lowest BCUT2D eigenvalue weighted by molar-refractivity contribution is -0.137. The molecule has 0 radical (unpaired) electrons. The van der Waals surface area contributed by atoms with Crippen LogP contribution in [0, 0.1) is 0 Å². The summed E-state index contributed by atoms with van der Waals surface area (Å²) >= 11 is 0. The van der Waals surface area contributed by atoms with Crippen LogP contribution in [0.5, 0.6) is 0 Å². The van der Waals surface area contributed by atoms with Gasteiger partial charge < -0.3 is 10.2 Å². The molecule has 21 heavy (non-hydrogen) atoms. The maximum Gasteiger partial charge on any atom is 0.252 e. The van der Waals surface area contributed by atoms with E-state index in [1.54, 1.807) is 0 Å². The lowest BCUT2D eigenvalue weighted by Gasteiger charge is -2.32. The fourth-order valence-electron chi connectivity index (χ4n) is 2.77. The Morgan fingerprint density at radius 2 is 1.86 bits per heavy atom. The summed E-state index contributed by atoms with van der Waals surface area (Å²) in [5.41, 5.74) is 4.59. The van der Waals surface area contributed by atoms with E-state index in [-0.39, 0.29) is 30.3 Å². The first-order chi connectivity index (χ1) is 10.1. The molecule has 0 aromatic heterocycles. The van der Waals surface area contributed by atoms with Gasteiger partial charge in [0.15, 0.2) is 0 Å². The monoisotopic (exact) mass is 297 g/mol. The van der Waals surface area contributed by atoms with Gasteiger partial charge in [0.1, 0.15) is 0 Å². The maximum atomic E-state index is 12.5. The molecule has 0 bridgehead atoms. The summed E-state index contributed by atoms with van der Waals surface area (Å²) in [6, 6.07) is -0.217. The number of carbonyl (C=O) groups excluding carboxylic acids is 3. The minimum Gasteiger partial charge on any atom is -0.339 e. The highest BCUT2D eigenvalue weighted by atomic mass is 16.2. The van der Waals surface area contributed by atoms with E-state index in [1.807, 2.05) is 9.80 Å². The average molecular weight is 297 g/mol. The molecule has 2 fully saturated rings. The Labute approximate surface area is 124 Å². The summed E-state index contributed by atoms with van der Waals surface area (Å²) in [6.45, 7) is 5.27. The molecule has 8 nitrogen and oxygen atoms in total. The smallest absolute Gasteiger partial charge is 0.252 e. The van der Waals surface area contributed by atoms with Crippen LogP contribution in [0.4, 0.5) is 0 Å². The molecule has 2 rings (SSSR count). The van der Waals surface area contributed by atoms with Crippen molar-refractivity contribution in [2.24, 2.45) is 0 Å². The van der Waals surface area contributed by atoms with Crippen LogP contribution >= 0.6 is 0 Å². The number of likely N-dealkylation sites (tertiary alicyclic amines) is 1. The molecule has 0 spiro atoms. The van der Waals surface area contributed by atoms with E-state index < -0.39 is 0 Å². The number of hydrogen-bond acceptors (Lipinski definition) is 5. The van der Waals surface area contributed by atoms with Crippen molar-refractivity contribution in [2.75, 3.05) is 39.3 Å². The van der Waals surface area contributed by atoms with Crippen LogP contribution in [-0.2, 0) is 14.4 Å². The maximum absolute atomic E-state index is 12.5. The Hall–Kier alpha value is -1.67. The second kappa shape index (κ2) is 7.37. The molecule has 118 valence electrons. The van der Waals surface area contributed by atoms with E-state index in [9.17, 15) is 14.4 Å². The number of nitrogens with one attached hydrogen (secondary N) is 3. The molecule has 3 amide bonds. The van der Waals surface area contributed by atoms with Gasteiger partial charge in [-0.25, -0.2) is 0 Å². The Kier molecular flexibility index (Phi) is 5.51. The molecule has 8 heteroatoms. The molecule has 2 saturated heterocycles. The SMILES string of the molecule is CC(=O)NNC(=O)CN1CCCC1C(=O)N1CCNCC1. The van der Waals surface area contributed by atoms with Crippen molar-refractivity contribution in [3.8, 4) is 0 Å².